The van der Waals surface area contributed by atoms with E-state index in [1.165, 1.54) is 11.3 Å². The molecule has 2 amide bonds. The van der Waals surface area contributed by atoms with Gasteiger partial charge in [0, 0.05) is 22.2 Å². The molecule has 0 radical (unpaired) electrons. The monoisotopic (exact) mass is 379 g/mol. The Kier molecular flexibility index (Phi) is 6.29. The molecule has 114 valence electrons. The summed E-state index contributed by atoms with van der Waals surface area (Å²) in [5.41, 5.74) is 3.08. The van der Waals surface area contributed by atoms with Gasteiger partial charge >= 0.3 is 0 Å². The average Bonchev–Trinajstić information content (AvgIpc) is 3.01. The number of anilines is 1. The molecule has 7 heteroatoms. The molecule has 0 spiro atoms. The summed E-state index contributed by atoms with van der Waals surface area (Å²) >= 11 is 4.87. The quantitative estimate of drug-likeness (QED) is 0.596. The van der Waals surface area contributed by atoms with Crippen molar-refractivity contribution in [3.8, 4) is 0 Å². The van der Waals surface area contributed by atoms with Gasteiger partial charge in [-0.15, -0.1) is 11.3 Å². The highest BCUT2D eigenvalue weighted by Crippen LogP contribution is 2.21. The van der Waals surface area contributed by atoms with Crippen LogP contribution in [0.25, 0.3) is 0 Å². The van der Waals surface area contributed by atoms with Crippen molar-refractivity contribution in [1.29, 1.82) is 0 Å². The summed E-state index contributed by atoms with van der Waals surface area (Å²) in [5.74, 6) is -0.514. The van der Waals surface area contributed by atoms with Gasteiger partial charge in [-0.05, 0) is 39.5 Å². The molecule has 0 aliphatic carbocycles. The Morgan fingerprint density at radius 1 is 1.14 bits per heavy atom. The molecule has 0 unspecified atom stereocenters. The number of halogens is 1. The largest absolute Gasteiger partial charge is 0.325 e. The van der Waals surface area contributed by atoms with Crippen LogP contribution in [-0.4, -0.2) is 18.0 Å². The first-order valence-electron chi connectivity index (χ1n) is 6.55. The van der Waals surface area contributed by atoms with E-state index in [4.69, 9.17) is 0 Å². The number of benzene rings is 1. The highest BCUT2D eigenvalue weighted by molar-refractivity contribution is 9.10. The van der Waals surface area contributed by atoms with Gasteiger partial charge in [-0.25, -0.2) is 5.43 Å². The zero-order valence-corrected chi connectivity index (χ0v) is 14.0. The van der Waals surface area contributed by atoms with Crippen molar-refractivity contribution >= 4 is 51.0 Å². The number of hydrazone groups is 1. The molecule has 0 bridgehead atoms. The molecule has 0 saturated heterocycles. The first-order valence-corrected chi connectivity index (χ1v) is 8.22. The molecular weight excluding hydrogens is 366 g/mol. The van der Waals surface area contributed by atoms with E-state index in [2.05, 4.69) is 31.8 Å². The average molecular weight is 380 g/mol. The lowest BCUT2D eigenvalue weighted by Crippen LogP contribution is -2.20. The van der Waals surface area contributed by atoms with Gasteiger partial charge in [0.15, 0.2) is 0 Å². The number of nitrogens with zero attached hydrogens (tertiary/aromatic N) is 1. The van der Waals surface area contributed by atoms with E-state index in [1.54, 1.807) is 12.3 Å². The lowest BCUT2D eigenvalue weighted by atomic mass is 10.2. The van der Waals surface area contributed by atoms with Gasteiger partial charge in [-0.1, -0.05) is 18.2 Å². The zero-order chi connectivity index (χ0) is 15.8. The number of amides is 2. The fraction of sp³-hybridized carbons (Fsp3) is 0.133. The topological polar surface area (TPSA) is 70.6 Å². The zero-order valence-electron chi connectivity index (χ0n) is 11.6. The van der Waals surface area contributed by atoms with Gasteiger partial charge in [0.2, 0.25) is 11.8 Å². The highest BCUT2D eigenvalue weighted by Gasteiger charge is 2.08. The molecule has 0 aliphatic rings. The van der Waals surface area contributed by atoms with E-state index >= 15 is 0 Å². The number of carbonyl (C=O) groups is 2. The molecule has 22 heavy (non-hydrogen) atoms. The number of thiophene rings is 1. The Morgan fingerprint density at radius 3 is 2.64 bits per heavy atom. The molecular formula is C15H14BrN3O2S. The first kappa shape index (κ1) is 16.4. The number of carbonyl (C=O) groups excluding carboxylic acids is 2. The summed E-state index contributed by atoms with van der Waals surface area (Å²) in [5, 5.41) is 8.50. The number of para-hydroxylation sites is 1. The number of hydrogen-bond acceptors (Lipinski definition) is 4. The van der Waals surface area contributed by atoms with Gasteiger partial charge in [0.1, 0.15) is 0 Å². The smallest absolute Gasteiger partial charge is 0.240 e. The first-order chi connectivity index (χ1) is 10.6. The normalized spacial score (nSPS) is 10.6. The number of hydrogen-bond donors (Lipinski definition) is 2. The van der Waals surface area contributed by atoms with Crippen LogP contribution in [0.15, 0.2) is 51.4 Å². The predicted octanol–water partition coefficient (Wildman–Crippen LogP) is 3.38. The van der Waals surface area contributed by atoms with Crippen LogP contribution in [-0.2, 0) is 9.59 Å². The van der Waals surface area contributed by atoms with E-state index in [0.717, 1.165) is 9.35 Å². The number of rotatable bonds is 6. The Morgan fingerprint density at radius 2 is 1.91 bits per heavy atom. The molecule has 0 aliphatic heterocycles. The summed E-state index contributed by atoms with van der Waals surface area (Å²) in [6.45, 7) is 0. The highest BCUT2D eigenvalue weighted by atomic mass is 79.9. The second kappa shape index (κ2) is 8.45. The predicted molar refractivity (Wildman–Crippen MR) is 92.1 cm³/mol. The molecule has 2 N–H and O–H groups in total. The molecule has 5 nitrogen and oxygen atoms in total. The summed E-state index contributed by atoms with van der Waals surface area (Å²) in [6.07, 6.45) is 1.75. The van der Waals surface area contributed by atoms with E-state index in [0.29, 0.717) is 5.69 Å². The van der Waals surface area contributed by atoms with Crippen LogP contribution in [0, 0.1) is 0 Å². The Bertz CT molecular complexity index is 671. The maximum absolute atomic E-state index is 11.8. The summed E-state index contributed by atoms with van der Waals surface area (Å²) in [7, 11) is 0. The Hall–Kier alpha value is -1.99. The Labute approximate surface area is 140 Å². The molecule has 2 rings (SSSR count). The lowest BCUT2D eigenvalue weighted by Gasteiger charge is -2.06. The van der Waals surface area contributed by atoms with Gasteiger partial charge in [0.05, 0.1) is 11.9 Å². The third kappa shape index (κ3) is 5.42. The third-order valence-corrected chi connectivity index (χ3v) is 4.15. The van der Waals surface area contributed by atoms with Crippen molar-refractivity contribution in [2.24, 2.45) is 5.10 Å². The number of nitrogens with one attached hydrogen (secondary N) is 2. The minimum absolute atomic E-state index is 0.0814. The van der Waals surface area contributed by atoms with Crippen molar-refractivity contribution in [2.45, 2.75) is 12.8 Å². The molecule has 2 aromatic rings. The molecule has 0 fully saturated rings. The van der Waals surface area contributed by atoms with Crippen molar-refractivity contribution < 1.29 is 9.59 Å². The fourth-order valence-corrected chi connectivity index (χ4v) is 2.56. The van der Waals surface area contributed by atoms with Crippen molar-refractivity contribution in [1.82, 2.24) is 5.43 Å². The molecule has 1 aromatic carbocycles. The van der Waals surface area contributed by atoms with Crippen molar-refractivity contribution in [2.75, 3.05) is 5.32 Å². The van der Waals surface area contributed by atoms with Crippen LogP contribution in [0.1, 0.15) is 17.7 Å². The maximum Gasteiger partial charge on any atom is 0.240 e. The minimum Gasteiger partial charge on any atom is -0.325 e. The second-order valence-electron chi connectivity index (χ2n) is 4.34. The van der Waals surface area contributed by atoms with Crippen LogP contribution in [0.2, 0.25) is 0 Å². The minimum atomic E-state index is -0.296. The van der Waals surface area contributed by atoms with Crippen LogP contribution in [0.3, 0.4) is 0 Å². The summed E-state index contributed by atoms with van der Waals surface area (Å²) < 4.78 is 0.799. The van der Waals surface area contributed by atoms with Crippen molar-refractivity contribution in [3.05, 3.63) is 51.1 Å². The lowest BCUT2D eigenvalue weighted by molar-refractivity contribution is -0.124. The van der Waals surface area contributed by atoms with Crippen LogP contribution >= 0.6 is 27.3 Å². The molecule has 1 aromatic heterocycles. The molecule has 0 saturated carbocycles. The third-order valence-electron chi connectivity index (χ3n) is 2.65. The Balaban J connectivity index is 1.72. The van der Waals surface area contributed by atoms with E-state index in [9.17, 15) is 9.59 Å². The molecule has 0 atom stereocenters. The fourth-order valence-electron chi connectivity index (χ4n) is 1.59. The van der Waals surface area contributed by atoms with Crippen LogP contribution in [0.5, 0.6) is 0 Å². The SMILES string of the molecule is O=C(CCC(=O)Nc1ccccc1Br)N/N=C/c1cccs1. The van der Waals surface area contributed by atoms with Gasteiger partial charge in [-0.3, -0.25) is 9.59 Å². The van der Waals surface area contributed by atoms with Crippen molar-refractivity contribution in [3.63, 3.8) is 0 Å². The standard InChI is InChI=1S/C15H14BrN3O2S/c16-12-5-1-2-6-13(12)18-14(20)7-8-15(21)19-17-10-11-4-3-9-22-11/h1-6,9-10H,7-8H2,(H,18,20)(H,19,21)/b17-10+. The summed E-state index contributed by atoms with van der Waals surface area (Å²) in [4.78, 5) is 24.3. The van der Waals surface area contributed by atoms with E-state index in [-0.39, 0.29) is 24.7 Å². The van der Waals surface area contributed by atoms with Crippen LogP contribution < -0.4 is 10.7 Å². The maximum atomic E-state index is 11.8. The van der Waals surface area contributed by atoms with Gasteiger partial charge in [-0.2, -0.15) is 5.10 Å². The van der Waals surface area contributed by atoms with E-state index < -0.39 is 0 Å². The second-order valence-corrected chi connectivity index (χ2v) is 6.17. The molecule has 1 heterocycles. The van der Waals surface area contributed by atoms with Crippen LogP contribution in [0.4, 0.5) is 5.69 Å². The van der Waals surface area contributed by atoms with E-state index in [1.807, 2.05) is 35.7 Å². The summed E-state index contributed by atoms with van der Waals surface area (Å²) in [6, 6.07) is 11.1. The van der Waals surface area contributed by atoms with Gasteiger partial charge in [0.25, 0.3) is 0 Å². The van der Waals surface area contributed by atoms with Gasteiger partial charge < -0.3 is 5.32 Å².